The van der Waals surface area contributed by atoms with Crippen molar-refractivity contribution in [3.63, 3.8) is 0 Å². The Morgan fingerprint density at radius 1 is 0.933 bits per heavy atom. The Morgan fingerprint density at radius 2 is 1.50 bits per heavy atom. The van der Waals surface area contributed by atoms with Crippen molar-refractivity contribution in [2.24, 2.45) is 0 Å². The number of non-ortho nitro benzene ring substituents is 1. The highest BCUT2D eigenvalue weighted by Crippen LogP contribution is 2.26. The van der Waals surface area contributed by atoms with Gasteiger partial charge in [0.15, 0.2) is 0 Å². The topological polar surface area (TPSA) is 116 Å². The van der Waals surface area contributed by atoms with Crippen LogP contribution < -0.4 is 4.72 Å². The van der Waals surface area contributed by atoms with Gasteiger partial charge in [-0.05, 0) is 35.4 Å². The van der Waals surface area contributed by atoms with Crippen LogP contribution in [0.1, 0.15) is 27.5 Å². The fourth-order valence-electron chi connectivity index (χ4n) is 2.87. The fourth-order valence-corrected chi connectivity index (χ4v) is 4.09. The van der Waals surface area contributed by atoms with E-state index in [1.54, 1.807) is 48.5 Å². The molecule has 9 heteroatoms. The van der Waals surface area contributed by atoms with E-state index in [0.29, 0.717) is 16.7 Å². The smallest absolute Gasteiger partial charge is 0.337 e. The van der Waals surface area contributed by atoms with Crippen LogP contribution in [-0.2, 0) is 14.8 Å². The average Bonchev–Trinajstić information content (AvgIpc) is 2.77. The lowest BCUT2D eigenvalue weighted by Gasteiger charge is -2.20. The summed E-state index contributed by atoms with van der Waals surface area (Å²) in [6, 6.07) is 19.2. The van der Waals surface area contributed by atoms with Gasteiger partial charge in [0.05, 0.1) is 28.5 Å². The molecule has 0 bridgehead atoms. The molecule has 0 aliphatic carbocycles. The SMILES string of the molecule is COC(=O)c1ccc(C(NS(=O)(=O)c2ccc([N+](=O)[O-])cc2)c2ccccc2)cc1. The number of carbonyl (C=O) groups is 1. The highest BCUT2D eigenvalue weighted by atomic mass is 32.2. The first-order valence-electron chi connectivity index (χ1n) is 8.82. The molecular weight excluding hydrogens is 408 g/mol. The van der Waals surface area contributed by atoms with E-state index in [2.05, 4.69) is 9.46 Å². The third-order valence-corrected chi connectivity index (χ3v) is 5.87. The Morgan fingerprint density at radius 3 is 2.03 bits per heavy atom. The Kier molecular flexibility index (Phi) is 6.24. The number of nitro benzene ring substituents is 1. The van der Waals surface area contributed by atoms with Gasteiger partial charge in [0.2, 0.25) is 10.0 Å². The van der Waals surface area contributed by atoms with E-state index in [0.717, 1.165) is 12.1 Å². The van der Waals surface area contributed by atoms with Crippen LogP contribution >= 0.6 is 0 Å². The van der Waals surface area contributed by atoms with Crippen LogP contribution in [0.25, 0.3) is 0 Å². The zero-order chi connectivity index (χ0) is 21.7. The number of nitrogens with one attached hydrogen (secondary N) is 1. The molecule has 3 aromatic rings. The number of carbonyl (C=O) groups excluding carboxylic acids is 1. The molecule has 0 saturated carbocycles. The maximum absolute atomic E-state index is 12.9. The van der Waals surface area contributed by atoms with Crippen LogP contribution in [0.4, 0.5) is 5.69 Å². The fraction of sp³-hybridized carbons (Fsp3) is 0.0952. The summed E-state index contributed by atoms with van der Waals surface area (Å²) >= 11 is 0. The van der Waals surface area contributed by atoms with Crippen molar-refractivity contribution in [3.8, 4) is 0 Å². The van der Waals surface area contributed by atoms with Gasteiger partial charge in [-0.2, -0.15) is 4.72 Å². The van der Waals surface area contributed by atoms with E-state index in [-0.39, 0.29) is 10.6 Å². The molecule has 0 aliphatic rings. The molecular formula is C21H18N2O6S. The average molecular weight is 426 g/mol. The summed E-state index contributed by atoms with van der Waals surface area (Å²) in [5.41, 5.74) is 1.44. The summed E-state index contributed by atoms with van der Waals surface area (Å²) in [4.78, 5) is 21.8. The van der Waals surface area contributed by atoms with Crippen molar-refractivity contribution in [2.75, 3.05) is 7.11 Å². The van der Waals surface area contributed by atoms with Gasteiger partial charge in [0.25, 0.3) is 5.69 Å². The standard InChI is InChI=1S/C21H18N2O6S/c1-29-21(24)17-9-7-16(8-10-17)20(15-5-3-2-4-6-15)22-30(27,28)19-13-11-18(12-14-19)23(25)26/h2-14,20,22H,1H3. The second-order valence-electron chi connectivity index (χ2n) is 6.33. The van der Waals surface area contributed by atoms with Crippen LogP contribution in [0.3, 0.4) is 0 Å². The van der Waals surface area contributed by atoms with Crippen molar-refractivity contribution in [1.82, 2.24) is 4.72 Å². The molecule has 0 radical (unpaired) electrons. The zero-order valence-corrected chi connectivity index (χ0v) is 16.7. The van der Waals surface area contributed by atoms with Crippen molar-refractivity contribution in [1.29, 1.82) is 0 Å². The van der Waals surface area contributed by atoms with Crippen LogP contribution in [0.5, 0.6) is 0 Å². The third kappa shape index (κ3) is 4.70. The van der Waals surface area contributed by atoms with Crippen molar-refractivity contribution in [3.05, 3.63) is 106 Å². The first-order chi connectivity index (χ1) is 14.3. The van der Waals surface area contributed by atoms with Gasteiger partial charge in [-0.25, -0.2) is 13.2 Å². The minimum absolute atomic E-state index is 0.0970. The normalized spacial score (nSPS) is 12.2. The minimum Gasteiger partial charge on any atom is -0.465 e. The van der Waals surface area contributed by atoms with Gasteiger partial charge >= 0.3 is 5.97 Å². The Labute approximate surface area is 173 Å². The van der Waals surface area contributed by atoms with E-state index in [1.165, 1.54) is 19.2 Å². The molecule has 1 unspecified atom stereocenters. The predicted molar refractivity (Wildman–Crippen MR) is 109 cm³/mol. The molecule has 0 heterocycles. The number of nitrogens with zero attached hydrogens (tertiary/aromatic N) is 1. The molecule has 0 saturated heterocycles. The molecule has 0 aromatic heterocycles. The van der Waals surface area contributed by atoms with Crippen LogP contribution in [0.2, 0.25) is 0 Å². The lowest BCUT2D eigenvalue weighted by atomic mass is 9.99. The largest absolute Gasteiger partial charge is 0.465 e. The van der Waals surface area contributed by atoms with Crippen molar-refractivity contribution in [2.45, 2.75) is 10.9 Å². The van der Waals surface area contributed by atoms with E-state index in [1.807, 2.05) is 6.07 Å². The molecule has 0 fully saturated rings. The van der Waals surface area contributed by atoms with Crippen molar-refractivity contribution < 1.29 is 22.9 Å². The summed E-state index contributed by atoms with van der Waals surface area (Å²) in [7, 11) is -2.71. The monoisotopic (exact) mass is 426 g/mol. The van der Waals surface area contributed by atoms with E-state index in [9.17, 15) is 23.3 Å². The Balaban J connectivity index is 1.97. The molecule has 0 aliphatic heterocycles. The summed E-state index contributed by atoms with van der Waals surface area (Å²) < 4.78 is 33.2. The van der Waals surface area contributed by atoms with Gasteiger partial charge in [0, 0.05) is 12.1 Å². The van der Waals surface area contributed by atoms with Crippen LogP contribution in [-0.4, -0.2) is 26.4 Å². The molecule has 8 nitrogen and oxygen atoms in total. The number of ether oxygens (including phenoxy) is 1. The van der Waals surface area contributed by atoms with Gasteiger partial charge < -0.3 is 4.74 Å². The molecule has 0 spiro atoms. The number of hydrogen-bond acceptors (Lipinski definition) is 6. The predicted octanol–water partition coefficient (Wildman–Crippen LogP) is 3.45. The molecule has 1 atom stereocenters. The van der Waals surface area contributed by atoms with E-state index in [4.69, 9.17) is 0 Å². The lowest BCUT2D eigenvalue weighted by molar-refractivity contribution is -0.384. The van der Waals surface area contributed by atoms with Crippen molar-refractivity contribution >= 4 is 21.7 Å². The maximum Gasteiger partial charge on any atom is 0.337 e. The number of benzene rings is 3. The second kappa shape index (κ2) is 8.85. The first kappa shape index (κ1) is 21.2. The molecule has 30 heavy (non-hydrogen) atoms. The number of methoxy groups -OCH3 is 1. The molecule has 154 valence electrons. The number of nitro groups is 1. The van der Waals surface area contributed by atoms with Crippen LogP contribution in [0, 0.1) is 10.1 Å². The maximum atomic E-state index is 12.9. The lowest BCUT2D eigenvalue weighted by Crippen LogP contribution is -2.29. The summed E-state index contributed by atoms with van der Waals surface area (Å²) in [6.07, 6.45) is 0. The summed E-state index contributed by atoms with van der Waals surface area (Å²) in [6.45, 7) is 0. The highest BCUT2D eigenvalue weighted by Gasteiger charge is 2.24. The first-order valence-corrected chi connectivity index (χ1v) is 10.3. The third-order valence-electron chi connectivity index (χ3n) is 4.43. The molecule has 1 N–H and O–H groups in total. The summed E-state index contributed by atoms with van der Waals surface area (Å²) in [5, 5.41) is 10.8. The Hall–Kier alpha value is -3.56. The number of sulfonamides is 1. The number of esters is 1. The van der Waals surface area contributed by atoms with Crippen LogP contribution in [0.15, 0.2) is 83.8 Å². The molecule has 0 amide bonds. The highest BCUT2D eigenvalue weighted by molar-refractivity contribution is 7.89. The molecule has 3 aromatic carbocycles. The molecule has 3 rings (SSSR count). The zero-order valence-electron chi connectivity index (χ0n) is 15.9. The van der Waals surface area contributed by atoms with E-state index < -0.39 is 27.0 Å². The number of rotatable bonds is 7. The van der Waals surface area contributed by atoms with Gasteiger partial charge in [0.1, 0.15) is 0 Å². The minimum atomic E-state index is -3.99. The van der Waals surface area contributed by atoms with E-state index >= 15 is 0 Å². The quantitative estimate of drug-likeness (QED) is 0.351. The van der Waals surface area contributed by atoms with Gasteiger partial charge in [-0.3, -0.25) is 10.1 Å². The van der Waals surface area contributed by atoms with Gasteiger partial charge in [-0.15, -0.1) is 0 Å². The summed E-state index contributed by atoms with van der Waals surface area (Å²) in [5.74, 6) is -0.496. The number of hydrogen-bond donors (Lipinski definition) is 1. The van der Waals surface area contributed by atoms with Gasteiger partial charge in [-0.1, -0.05) is 42.5 Å². The Bertz CT molecular complexity index is 1140. The second-order valence-corrected chi connectivity index (χ2v) is 8.04.